The van der Waals surface area contributed by atoms with E-state index in [2.05, 4.69) is 5.32 Å². The van der Waals surface area contributed by atoms with Gasteiger partial charge in [0.2, 0.25) is 0 Å². The zero-order valence-electron chi connectivity index (χ0n) is 14.6. The summed E-state index contributed by atoms with van der Waals surface area (Å²) in [6.07, 6.45) is 0. The summed E-state index contributed by atoms with van der Waals surface area (Å²) in [5.74, 6) is 2.42. The van der Waals surface area contributed by atoms with Crippen molar-refractivity contribution in [2.45, 2.75) is 11.5 Å². The van der Waals surface area contributed by atoms with Gasteiger partial charge in [0, 0.05) is 22.6 Å². The molecule has 0 aliphatic carbocycles. The van der Waals surface area contributed by atoms with Crippen molar-refractivity contribution in [2.75, 3.05) is 5.32 Å². The molecule has 2 heterocycles. The molecule has 4 aromatic rings. The zero-order valence-corrected chi connectivity index (χ0v) is 15.4. The second kappa shape index (κ2) is 6.59. The van der Waals surface area contributed by atoms with Crippen molar-refractivity contribution < 1.29 is 4.79 Å². The third-order valence-electron chi connectivity index (χ3n) is 4.82. The molecule has 3 aromatic carbocycles. The van der Waals surface area contributed by atoms with Gasteiger partial charge in [-0.2, -0.15) is 16.9 Å². The maximum atomic E-state index is 13.2. The minimum atomic E-state index is -0.108. The molecule has 5 heteroatoms. The van der Waals surface area contributed by atoms with E-state index in [9.17, 15) is 4.79 Å². The Labute approximate surface area is 161 Å². The third-order valence-corrected chi connectivity index (χ3v) is 5.79. The summed E-state index contributed by atoms with van der Waals surface area (Å²) in [7, 11) is 0. The minimum absolute atomic E-state index is 0.108. The number of amides is 1. The van der Waals surface area contributed by atoms with Crippen LogP contribution >= 0.6 is 11.8 Å². The molecule has 1 aliphatic rings. The summed E-state index contributed by atoms with van der Waals surface area (Å²) < 4.78 is 1.85. The highest BCUT2D eigenvalue weighted by molar-refractivity contribution is 7.98. The van der Waals surface area contributed by atoms with E-state index >= 15 is 0 Å². The Morgan fingerprint density at radius 1 is 0.926 bits per heavy atom. The van der Waals surface area contributed by atoms with Gasteiger partial charge in [0.15, 0.2) is 0 Å². The van der Waals surface area contributed by atoms with Crippen LogP contribution in [0.3, 0.4) is 0 Å². The van der Waals surface area contributed by atoms with E-state index in [1.54, 1.807) is 0 Å². The maximum Gasteiger partial charge on any atom is 0.257 e. The van der Waals surface area contributed by atoms with Gasteiger partial charge in [-0.3, -0.25) is 4.79 Å². The second-order valence-corrected chi connectivity index (χ2v) is 7.48. The lowest BCUT2D eigenvalue weighted by Crippen LogP contribution is -2.16. The maximum absolute atomic E-state index is 13.2. The topological polar surface area (TPSA) is 46.9 Å². The average Bonchev–Trinajstić information content (AvgIpc) is 3.31. The van der Waals surface area contributed by atoms with E-state index < -0.39 is 0 Å². The largest absolute Gasteiger partial charge is 0.306 e. The monoisotopic (exact) mass is 371 g/mol. The first kappa shape index (κ1) is 16.1. The second-order valence-electron chi connectivity index (χ2n) is 6.49. The van der Waals surface area contributed by atoms with Crippen LogP contribution in [-0.4, -0.2) is 15.7 Å². The van der Waals surface area contributed by atoms with Crippen molar-refractivity contribution in [3.05, 3.63) is 89.6 Å². The normalized spacial score (nSPS) is 12.9. The van der Waals surface area contributed by atoms with Crippen LogP contribution in [0, 0.1) is 0 Å². The van der Waals surface area contributed by atoms with Crippen molar-refractivity contribution in [1.82, 2.24) is 9.78 Å². The Morgan fingerprint density at radius 2 is 1.70 bits per heavy atom. The standard InChI is InChI=1S/C22H17N3OS/c26-22(18-12-6-8-15-7-4-5-11-17(15)18)23-21-19-13-27-14-20(19)24-25(21)16-9-2-1-3-10-16/h1-12H,13-14H2,(H,23,26). The minimum Gasteiger partial charge on any atom is -0.306 e. The Kier molecular flexibility index (Phi) is 3.94. The van der Waals surface area contributed by atoms with Crippen molar-refractivity contribution in [3.8, 4) is 5.69 Å². The van der Waals surface area contributed by atoms with E-state index in [1.807, 2.05) is 89.2 Å². The number of anilines is 1. The summed E-state index contributed by atoms with van der Waals surface area (Å²) in [4.78, 5) is 13.2. The van der Waals surface area contributed by atoms with E-state index in [-0.39, 0.29) is 5.91 Å². The molecule has 4 nitrogen and oxygen atoms in total. The number of aromatic nitrogens is 2. The van der Waals surface area contributed by atoms with Crippen LogP contribution in [0.2, 0.25) is 0 Å². The van der Waals surface area contributed by atoms with Crippen LogP contribution in [0.5, 0.6) is 0 Å². The summed E-state index contributed by atoms with van der Waals surface area (Å²) >= 11 is 1.83. The van der Waals surface area contributed by atoms with E-state index in [0.717, 1.165) is 45.0 Å². The van der Waals surface area contributed by atoms with Gasteiger partial charge >= 0.3 is 0 Å². The number of hydrogen-bond acceptors (Lipinski definition) is 3. The van der Waals surface area contributed by atoms with Crippen molar-refractivity contribution in [3.63, 3.8) is 0 Å². The molecule has 0 saturated heterocycles. The molecule has 1 N–H and O–H groups in total. The number of nitrogens with zero attached hydrogens (tertiary/aromatic N) is 2. The predicted octanol–water partition coefficient (Wildman–Crippen LogP) is 5.02. The number of nitrogens with one attached hydrogen (secondary N) is 1. The fraction of sp³-hybridized carbons (Fsp3) is 0.0909. The van der Waals surface area contributed by atoms with Gasteiger partial charge in [0.05, 0.1) is 11.4 Å². The van der Waals surface area contributed by atoms with Crippen LogP contribution < -0.4 is 5.32 Å². The van der Waals surface area contributed by atoms with E-state index in [1.165, 1.54) is 0 Å². The molecule has 1 aliphatic heterocycles. The molecule has 0 atom stereocenters. The molecule has 1 amide bonds. The molecule has 27 heavy (non-hydrogen) atoms. The summed E-state index contributed by atoms with van der Waals surface area (Å²) in [5, 5.41) is 9.91. The third kappa shape index (κ3) is 2.80. The number of hydrogen-bond donors (Lipinski definition) is 1. The molecule has 132 valence electrons. The molecule has 0 saturated carbocycles. The van der Waals surface area contributed by atoms with Crippen LogP contribution in [-0.2, 0) is 11.5 Å². The smallest absolute Gasteiger partial charge is 0.257 e. The van der Waals surface area contributed by atoms with Gasteiger partial charge in [-0.05, 0) is 29.0 Å². The molecule has 0 unspecified atom stereocenters. The van der Waals surface area contributed by atoms with Gasteiger partial charge in [-0.15, -0.1) is 0 Å². The quantitative estimate of drug-likeness (QED) is 0.550. The van der Waals surface area contributed by atoms with E-state index in [0.29, 0.717) is 5.56 Å². The number of benzene rings is 3. The first-order valence-corrected chi connectivity index (χ1v) is 10.00. The van der Waals surface area contributed by atoms with Gasteiger partial charge < -0.3 is 5.32 Å². The lowest BCUT2D eigenvalue weighted by Gasteiger charge is -2.12. The van der Waals surface area contributed by atoms with Crippen molar-refractivity contribution >= 4 is 34.3 Å². The van der Waals surface area contributed by atoms with Crippen molar-refractivity contribution in [1.29, 1.82) is 0 Å². The fourth-order valence-electron chi connectivity index (χ4n) is 3.50. The molecule has 0 bridgehead atoms. The Balaban J connectivity index is 1.58. The van der Waals surface area contributed by atoms with Crippen LogP contribution in [0.4, 0.5) is 5.82 Å². The Hall–Kier alpha value is -3.05. The average molecular weight is 371 g/mol. The molecular formula is C22H17N3OS. The Morgan fingerprint density at radius 3 is 2.59 bits per heavy atom. The number of para-hydroxylation sites is 1. The lowest BCUT2D eigenvalue weighted by molar-refractivity contribution is 0.102. The summed E-state index contributed by atoms with van der Waals surface area (Å²) in [6.45, 7) is 0. The van der Waals surface area contributed by atoms with Gasteiger partial charge in [0.25, 0.3) is 5.91 Å². The molecular weight excluding hydrogens is 354 g/mol. The number of carbonyl (C=O) groups is 1. The predicted molar refractivity (Wildman–Crippen MR) is 110 cm³/mol. The number of rotatable bonds is 3. The van der Waals surface area contributed by atoms with Crippen LogP contribution in [0.1, 0.15) is 21.6 Å². The lowest BCUT2D eigenvalue weighted by atomic mass is 10.0. The Bertz CT molecular complexity index is 1150. The molecule has 1 aromatic heterocycles. The van der Waals surface area contributed by atoms with Gasteiger partial charge in [-0.25, -0.2) is 4.68 Å². The highest BCUT2D eigenvalue weighted by atomic mass is 32.2. The highest BCUT2D eigenvalue weighted by Crippen LogP contribution is 2.36. The fourth-order valence-corrected chi connectivity index (χ4v) is 4.53. The zero-order chi connectivity index (χ0) is 18.2. The summed E-state index contributed by atoms with van der Waals surface area (Å²) in [5.41, 5.74) is 3.80. The van der Waals surface area contributed by atoms with Crippen LogP contribution in [0.25, 0.3) is 16.5 Å². The molecule has 0 radical (unpaired) electrons. The number of thioether (sulfide) groups is 1. The molecule has 0 spiro atoms. The van der Waals surface area contributed by atoms with Crippen LogP contribution in [0.15, 0.2) is 72.8 Å². The molecule has 0 fully saturated rings. The first-order chi connectivity index (χ1) is 13.3. The highest BCUT2D eigenvalue weighted by Gasteiger charge is 2.25. The number of fused-ring (bicyclic) bond motifs is 2. The first-order valence-electron chi connectivity index (χ1n) is 8.84. The van der Waals surface area contributed by atoms with E-state index in [4.69, 9.17) is 5.10 Å². The van der Waals surface area contributed by atoms with Gasteiger partial charge in [0.1, 0.15) is 5.82 Å². The SMILES string of the molecule is O=C(Nc1c2c(nn1-c1ccccc1)CSC2)c1cccc2ccccc12. The van der Waals surface area contributed by atoms with Crippen molar-refractivity contribution in [2.24, 2.45) is 0 Å². The number of carbonyl (C=O) groups excluding carboxylic acids is 1. The molecule has 5 rings (SSSR count). The van der Waals surface area contributed by atoms with Gasteiger partial charge in [-0.1, -0.05) is 54.6 Å². The summed E-state index contributed by atoms with van der Waals surface area (Å²) in [6, 6.07) is 23.7.